The molecule has 0 aromatic heterocycles. The second-order valence-corrected chi connectivity index (χ2v) is 7.18. The Hall–Kier alpha value is -2.15. The second kappa shape index (κ2) is 8.49. The van der Waals surface area contributed by atoms with Gasteiger partial charge in [-0.15, -0.1) is 0 Å². The quantitative estimate of drug-likeness (QED) is 0.793. The summed E-state index contributed by atoms with van der Waals surface area (Å²) >= 11 is 0. The highest BCUT2D eigenvalue weighted by Crippen LogP contribution is 2.17. The molecule has 2 amide bonds. The number of nitrogens with one attached hydrogen (secondary N) is 1. The first-order valence-electron chi connectivity index (χ1n) is 9.40. The van der Waals surface area contributed by atoms with Gasteiger partial charge in [0.25, 0.3) is 0 Å². The molecule has 0 radical (unpaired) electrons. The van der Waals surface area contributed by atoms with Crippen molar-refractivity contribution in [2.45, 2.75) is 12.8 Å². The zero-order valence-electron chi connectivity index (χ0n) is 15.4. The molecule has 0 aliphatic carbocycles. The summed E-state index contributed by atoms with van der Waals surface area (Å²) in [5.74, 6) is -0.0957. The third kappa shape index (κ3) is 4.72. The van der Waals surface area contributed by atoms with Gasteiger partial charge < -0.3 is 19.6 Å². The molecule has 1 N–H and O–H groups in total. The van der Waals surface area contributed by atoms with Crippen LogP contribution in [0.3, 0.4) is 0 Å². The Balaban J connectivity index is 1.41. The number of amides is 2. The normalized spacial score (nSPS) is 18.9. The minimum Gasteiger partial charge on any atom is -0.368 e. The Morgan fingerprint density at radius 3 is 1.92 bits per heavy atom. The van der Waals surface area contributed by atoms with Crippen LogP contribution in [-0.2, 0) is 9.59 Å². The summed E-state index contributed by atoms with van der Waals surface area (Å²) in [5, 5.41) is 0. The average molecular weight is 363 g/mol. The summed E-state index contributed by atoms with van der Waals surface area (Å²) in [6.45, 7) is 6.27. The molecule has 26 heavy (non-hydrogen) atoms. The van der Waals surface area contributed by atoms with E-state index in [0.29, 0.717) is 19.5 Å². The molecular formula is C19H28FN4O2+. The third-order valence-electron chi connectivity index (χ3n) is 5.35. The van der Waals surface area contributed by atoms with Crippen molar-refractivity contribution in [1.82, 2.24) is 9.80 Å². The SMILES string of the molecule is C[NH+]1CCN(C(=O)CCC(=O)N2CCN(c3ccc(F)cc3)CC2)CC1. The first-order valence-corrected chi connectivity index (χ1v) is 9.40. The van der Waals surface area contributed by atoms with Gasteiger partial charge in [-0.2, -0.15) is 0 Å². The van der Waals surface area contributed by atoms with Crippen LogP contribution in [0.2, 0.25) is 0 Å². The number of halogens is 1. The number of nitrogens with zero attached hydrogens (tertiary/aromatic N) is 3. The highest BCUT2D eigenvalue weighted by atomic mass is 19.1. The average Bonchev–Trinajstić information content (AvgIpc) is 2.67. The van der Waals surface area contributed by atoms with E-state index in [9.17, 15) is 14.0 Å². The summed E-state index contributed by atoms with van der Waals surface area (Å²) in [7, 11) is 2.14. The van der Waals surface area contributed by atoms with Crippen molar-refractivity contribution in [3.05, 3.63) is 30.1 Å². The number of quaternary nitrogens is 1. The van der Waals surface area contributed by atoms with Crippen LogP contribution >= 0.6 is 0 Å². The lowest BCUT2D eigenvalue weighted by molar-refractivity contribution is -0.883. The largest absolute Gasteiger partial charge is 0.368 e. The lowest BCUT2D eigenvalue weighted by atomic mass is 10.2. The number of carbonyl (C=O) groups excluding carboxylic acids is 2. The van der Waals surface area contributed by atoms with E-state index in [1.807, 2.05) is 9.80 Å². The van der Waals surface area contributed by atoms with Crippen molar-refractivity contribution in [2.24, 2.45) is 0 Å². The summed E-state index contributed by atoms with van der Waals surface area (Å²) < 4.78 is 13.0. The Morgan fingerprint density at radius 2 is 1.38 bits per heavy atom. The first-order chi connectivity index (χ1) is 12.5. The van der Waals surface area contributed by atoms with Crippen molar-refractivity contribution in [3.63, 3.8) is 0 Å². The molecule has 142 valence electrons. The van der Waals surface area contributed by atoms with Crippen LogP contribution in [0, 0.1) is 5.82 Å². The van der Waals surface area contributed by atoms with Gasteiger partial charge in [-0.25, -0.2) is 4.39 Å². The molecule has 2 aliphatic rings. The van der Waals surface area contributed by atoms with Gasteiger partial charge in [0, 0.05) is 44.7 Å². The number of benzene rings is 1. The van der Waals surface area contributed by atoms with Crippen LogP contribution in [0.15, 0.2) is 24.3 Å². The summed E-state index contributed by atoms with van der Waals surface area (Å²) in [6.07, 6.45) is 0.588. The fourth-order valence-electron chi connectivity index (χ4n) is 3.53. The van der Waals surface area contributed by atoms with E-state index in [1.54, 1.807) is 12.1 Å². The minimum atomic E-state index is -0.242. The predicted octanol–water partition coefficient (Wildman–Crippen LogP) is -0.389. The van der Waals surface area contributed by atoms with Gasteiger partial charge in [0.15, 0.2) is 0 Å². The second-order valence-electron chi connectivity index (χ2n) is 7.18. The molecule has 2 aliphatic heterocycles. The van der Waals surface area contributed by atoms with Crippen molar-refractivity contribution >= 4 is 17.5 Å². The van der Waals surface area contributed by atoms with Gasteiger partial charge in [0.1, 0.15) is 5.82 Å². The van der Waals surface area contributed by atoms with Crippen LogP contribution in [-0.4, -0.2) is 81.0 Å². The maximum Gasteiger partial charge on any atom is 0.223 e. The van der Waals surface area contributed by atoms with E-state index in [2.05, 4.69) is 11.9 Å². The van der Waals surface area contributed by atoms with Crippen molar-refractivity contribution in [1.29, 1.82) is 0 Å². The summed E-state index contributed by atoms with van der Waals surface area (Å²) in [5.41, 5.74) is 0.978. The number of piperazine rings is 2. The Morgan fingerprint density at radius 1 is 0.885 bits per heavy atom. The number of rotatable bonds is 4. The lowest BCUT2D eigenvalue weighted by Gasteiger charge is -2.36. The lowest BCUT2D eigenvalue weighted by Crippen LogP contribution is -3.12. The molecule has 2 heterocycles. The summed E-state index contributed by atoms with van der Waals surface area (Å²) in [6, 6.07) is 6.45. The van der Waals surface area contributed by atoms with E-state index >= 15 is 0 Å². The van der Waals surface area contributed by atoms with Crippen LogP contribution in [0.1, 0.15) is 12.8 Å². The molecule has 1 aromatic rings. The molecule has 0 saturated carbocycles. The van der Waals surface area contributed by atoms with Crippen LogP contribution < -0.4 is 9.80 Å². The molecule has 7 heteroatoms. The number of anilines is 1. The Kier molecular flexibility index (Phi) is 6.08. The number of hydrogen-bond donors (Lipinski definition) is 1. The van der Waals surface area contributed by atoms with E-state index < -0.39 is 0 Å². The van der Waals surface area contributed by atoms with Gasteiger partial charge in [-0.1, -0.05) is 0 Å². The zero-order chi connectivity index (χ0) is 18.5. The fourth-order valence-corrected chi connectivity index (χ4v) is 3.53. The molecule has 0 spiro atoms. The van der Waals surface area contributed by atoms with Crippen molar-refractivity contribution in [2.75, 3.05) is 64.3 Å². The van der Waals surface area contributed by atoms with Gasteiger partial charge in [0.2, 0.25) is 11.8 Å². The molecule has 6 nitrogen and oxygen atoms in total. The van der Waals surface area contributed by atoms with Gasteiger partial charge in [-0.3, -0.25) is 9.59 Å². The molecule has 0 bridgehead atoms. The third-order valence-corrected chi connectivity index (χ3v) is 5.35. The minimum absolute atomic E-state index is 0.0526. The maximum absolute atomic E-state index is 13.0. The van der Waals surface area contributed by atoms with Crippen LogP contribution in [0.25, 0.3) is 0 Å². The molecule has 0 unspecified atom stereocenters. The molecule has 0 atom stereocenters. The topological polar surface area (TPSA) is 48.3 Å². The zero-order valence-corrected chi connectivity index (χ0v) is 15.4. The first kappa shape index (κ1) is 18.6. The van der Waals surface area contributed by atoms with Crippen molar-refractivity contribution in [3.8, 4) is 0 Å². The van der Waals surface area contributed by atoms with Gasteiger partial charge in [-0.05, 0) is 24.3 Å². The fraction of sp³-hybridized carbons (Fsp3) is 0.579. The van der Waals surface area contributed by atoms with Gasteiger partial charge in [0.05, 0.1) is 33.2 Å². The Labute approximate surface area is 154 Å². The number of hydrogen-bond acceptors (Lipinski definition) is 3. The van der Waals surface area contributed by atoms with Crippen LogP contribution in [0.4, 0.5) is 10.1 Å². The van der Waals surface area contributed by atoms with E-state index in [4.69, 9.17) is 0 Å². The van der Waals surface area contributed by atoms with E-state index in [-0.39, 0.29) is 24.1 Å². The monoisotopic (exact) mass is 363 g/mol. The molecule has 1 aromatic carbocycles. The maximum atomic E-state index is 13.0. The molecule has 3 rings (SSSR count). The van der Waals surface area contributed by atoms with E-state index in [1.165, 1.54) is 17.0 Å². The van der Waals surface area contributed by atoms with Crippen LogP contribution in [0.5, 0.6) is 0 Å². The highest BCUT2D eigenvalue weighted by Gasteiger charge is 2.24. The smallest absolute Gasteiger partial charge is 0.223 e. The predicted molar refractivity (Wildman–Crippen MR) is 97.6 cm³/mol. The molecule has 2 saturated heterocycles. The number of carbonyl (C=O) groups is 2. The number of likely N-dealkylation sites (N-methyl/N-ethyl adjacent to an activating group) is 1. The standard InChI is InChI=1S/C19H27FN4O2/c1-21-8-10-23(11-9-21)18(25)6-7-19(26)24-14-12-22(13-15-24)17-4-2-16(20)3-5-17/h2-5H,6-15H2,1H3/p+1. The highest BCUT2D eigenvalue weighted by molar-refractivity contribution is 5.84. The molecule has 2 fully saturated rings. The Bertz CT molecular complexity index is 621. The summed E-state index contributed by atoms with van der Waals surface area (Å²) in [4.78, 5) is 32.0. The van der Waals surface area contributed by atoms with E-state index in [0.717, 1.165) is 45.0 Å². The van der Waals surface area contributed by atoms with Crippen molar-refractivity contribution < 1.29 is 18.9 Å². The molecular weight excluding hydrogens is 335 g/mol. The van der Waals surface area contributed by atoms with Gasteiger partial charge >= 0.3 is 0 Å².